The van der Waals surface area contributed by atoms with Crippen LogP contribution in [-0.4, -0.2) is 36.5 Å². The van der Waals surface area contributed by atoms with Gasteiger partial charge in [-0.25, -0.2) is 0 Å². The Bertz CT molecular complexity index is 174. The second-order valence-corrected chi connectivity index (χ2v) is 5.15. The Hall–Kier alpha value is -0.120. The maximum Gasteiger partial charge on any atom is 0.0720 e. The van der Waals surface area contributed by atoms with Crippen molar-refractivity contribution < 1.29 is 9.84 Å². The number of nitrogens with one attached hydrogen (secondary N) is 1. The van der Waals surface area contributed by atoms with Gasteiger partial charge < -0.3 is 15.2 Å². The highest BCUT2D eigenvalue weighted by molar-refractivity contribution is 4.83. The molecular formula is C12H25NO2. The number of rotatable bonds is 4. The van der Waals surface area contributed by atoms with E-state index in [2.05, 4.69) is 5.32 Å². The molecule has 0 aromatic rings. The summed E-state index contributed by atoms with van der Waals surface area (Å²) in [6, 6.07) is 0.252. The largest absolute Gasteiger partial charge is 0.391 e. The second-order valence-electron chi connectivity index (χ2n) is 5.15. The minimum absolute atomic E-state index is 0.229. The van der Waals surface area contributed by atoms with Gasteiger partial charge in [-0.15, -0.1) is 0 Å². The summed E-state index contributed by atoms with van der Waals surface area (Å²) in [5.74, 6) is 0. The maximum absolute atomic E-state index is 10.1. The molecule has 1 heterocycles. The third-order valence-corrected chi connectivity index (χ3v) is 3.32. The molecule has 2 atom stereocenters. The summed E-state index contributed by atoms with van der Waals surface area (Å²) >= 11 is 0. The molecule has 2 unspecified atom stereocenters. The topological polar surface area (TPSA) is 41.5 Å². The van der Waals surface area contributed by atoms with E-state index in [0.29, 0.717) is 6.42 Å². The van der Waals surface area contributed by atoms with Crippen LogP contribution in [0.25, 0.3) is 0 Å². The van der Waals surface area contributed by atoms with E-state index >= 15 is 0 Å². The van der Waals surface area contributed by atoms with Crippen LogP contribution in [0.3, 0.4) is 0 Å². The first-order chi connectivity index (χ1) is 7.05. The van der Waals surface area contributed by atoms with Crippen molar-refractivity contribution in [2.75, 3.05) is 13.7 Å². The van der Waals surface area contributed by atoms with Gasteiger partial charge >= 0.3 is 0 Å². The lowest BCUT2D eigenvalue weighted by molar-refractivity contribution is -0.0286. The highest BCUT2D eigenvalue weighted by Gasteiger charge is 2.27. The minimum Gasteiger partial charge on any atom is -0.391 e. The van der Waals surface area contributed by atoms with Gasteiger partial charge in [-0.3, -0.25) is 0 Å². The van der Waals surface area contributed by atoms with Gasteiger partial charge in [-0.2, -0.15) is 0 Å². The molecule has 3 heteroatoms. The first kappa shape index (κ1) is 12.9. The fourth-order valence-electron chi connectivity index (χ4n) is 2.11. The first-order valence-electron chi connectivity index (χ1n) is 6.02. The van der Waals surface area contributed by atoms with Gasteiger partial charge in [0.1, 0.15) is 0 Å². The van der Waals surface area contributed by atoms with Gasteiger partial charge in [0.15, 0.2) is 0 Å². The highest BCUT2D eigenvalue weighted by atomic mass is 16.5. The lowest BCUT2D eigenvalue weighted by atomic mass is 9.94. The smallest absolute Gasteiger partial charge is 0.0720 e. The summed E-state index contributed by atoms with van der Waals surface area (Å²) in [6.45, 7) is 5.08. The summed E-state index contributed by atoms with van der Waals surface area (Å²) in [6.07, 6.45) is 5.23. The number of aliphatic hydroxyl groups excluding tert-OH is 1. The maximum atomic E-state index is 10.1. The number of methoxy groups -OCH3 is 1. The number of aliphatic hydroxyl groups is 1. The Morgan fingerprint density at radius 3 is 2.80 bits per heavy atom. The van der Waals surface area contributed by atoms with Gasteiger partial charge in [0.05, 0.1) is 11.7 Å². The molecule has 0 saturated carbocycles. The van der Waals surface area contributed by atoms with Crippen LogP contribution in [0.4, 0.5) is 0 Å². The van der Waals surface area contributed by atoms with E-state index in [4.69, 9.17) is 4.74 Å². The van der Waals surface area contributed by atoms with Crippen LogP contribution in [0.15, 0.2) is 0 Å². The van der Waals surface area contributed by atoms with Crippen LogP contribution >= 0.6 is 0 Å². The lowest BCUT2D eigenvalue weighted by Crippen LogP contribution is -2.43. The van der Waals surface area contributed by atoms with E-state index in [9.17, 15) is 5.11 Å². The number of ether oxygens (including phenoxy) is 1. The Morgan fingerprint density at radius 2 is 2.13 bits per heavy atom. The average molecular weight is 215 g/mol. The first-order valence-corrected chi connectivity index (χ1v) is 6.02. The molecule has 90 valence electrons. The molecule has 2 N–H and O–H groups in total. The molecule has 0 bridgehead atoms. The Balaban J connectivity index is 2.40. The zero-order valence-electron chi connectivity index (χ0n) is 10.3. The van der Waals surface area contributed by atoms with Gasteiger partial charge in [0, 0.05) is 19.6 Å². The zero-order chi connectivity index (χ0) is 11.3. The van der Waals surface area contributed by atoms with Crippen molar-refractivity contribution in [1.82, 2.24) is 5.32 Å². The van der Waals surface area contributed by atoms with E-state index in [1.54, 1.807) is 7.11 Å². The summed E-state index contributed by atoms with van der Waals surface area (Å²) < 4.78 is 5.34. The number of hydrogen-bond donors (Lipinski definition) is 2. The minimum atomic E-state index is -0.293. The molecule has 1 saturated heterocycles. The molecule has 1 fully saturated rings. The molecule has 1 aliphatic rings. The Labute approximate surface area is 93.2 Å². The van der Waals surface area contributed by atoms with E-state index in [1.165, 1.54) is 19.3 Å². The molecule has 3 nitrogen and oxygen atoms in total. The van der Waals surface area contributed by atoms with Crippen LogP contribution in [0, 0.1) is 0 Å². The van der Waals surface area contributed by atoms with Gasteiger partial charge in [0.25, 0.3) is 0 Å². The van der Waals surface area contributed by atoms with Crippen molar-refractivity contribution in [3.63, 3.8) is 0 Å². The van der Waals surface area contributed by atoms with Crippen molar-refractivity contribution in [2.24, 2.45) is 0 Å². The molecular weight excluding hydrogens is 190 g/mol. The molecule has 0 amide bonds. The van der Waals surface area contributed by atoms with Crippen molar-refractivity contribution in [3.05, 3.63) is 0 Å². The highest BCUT2D eigenvalue weighted by Crippen LogP contribution is 2.20. The molecule has 0 aliphatic carbocycles. The monoisotopic (exact) mass is 215 g/mol. The summed E-state index contributed by atoms with van der Waals surface area (Å²) in [4.78, 5) is 0. The molecule has 1 aliphatic heterocycles. The van der Waals surface area contributed by atoms with Crippen LogP contribution in [-0.2, 0) is 4.74 Å². The van der Waals surface area contributed by atoms with E-state index < -0.39 is 0 Å². The Morgan fingerprint density at radius 1 is 1.40 bits per heavy atom. The van der Waals surface area contributed by atoms with Gasteiger partial charge in [-0.1, -0.05) is 12.8 Å². The van der Waals surface area contributed by atoms with E-state index in [-0.39, 0.29) is 17.7 Å². The predicted octanol–water partition coefficient (Wildman–Crippen LogP) is 1.69. The average Bonchev–Trinajstić information content (AvgIpc) is 2.45. The second kappa shape index (κ2) is 5.83. The van der Waals surface area contributed by atoms with Crippen LogP contribution in [0.5, 0.6) is 0 Å². The fraction of sp³-hybridized carbons (Fsp3) is 1.00. The SMILES string of the molecule is COC(C)(C)CC(O)C1CCCCCN1. The van der Waals surface area contributed by atoms with Crippen LogP contribution < -0.4 is 5.32 Å². The van der Waals surface area contributed by atoms with Crippen LogP contribution in [0.1, 0.15) is 46.0 Å². The molecule has 0 aromatic carbocycles. The quantitative estimate of drug-likeness (QED) is 0.750. The molecule has 0 spiro atoms. The van der Waals surface area contributed by atoms with Crippen molar-refractivity contribution in [1.29, 1.82) is 0 Å². The normalized spacial score (nSPS) is 26.0. The van der Waals surface area contributed by atoms with Gasteiger partial charge in [-0.05, 0) is 33.2 Å². The summed E-state index contributed by atoms with van der Waals surface area (Å²) in [5, 5.41) is 13.5. The zero-order valence-corrected chi connectivity index (χ0v) is 10.3. The summed E-state index contributed by atoms with van der Waals surface area (Å²) in [7, 11) is 1.70. The third-order valence-electron chi connectivity index (χ3n) is 3.32. The fourth-order valence-corrected chi connectivity index (χ4v) is 2.11. The molecule has 15 heavy (non-hydrogen) atoms. The van der Waals surface area contributed by atoms with Crippen molar-refractivity contribution >= 4 is 0 Å². The van der Waals surface area contributed by atoms with Crippen molar-refractivity contribution in [2.45, 2.75) is 63.7 Å². The summed E-state index contributed by atoms with van der Waals surface area (Å²) in [5.41, 5.74) is -0.229. The van der Waals surface area contributed by atoms with Gasteiger partial charge in [0.2, 0.25) is 0 Å². The molecule has 0 aromatic heterocycles. The van der Waals surface area contributed by atoms with Crippen LogP contribution in [0.2, 0.25) is 0 Å². The standard InChI is InChI=1S/C12H25NO2/c1-12(2,15-3)9-11(14)10-7-5-4-6-8-13-10/h10-11,13-14H,4-9H2,1-3H3. The number of hydrogen-bond acceptors (Lipinski definition) is 3. The Kier molecular flexibility index (Phi) is 5.03. The predicted molar refractivity (Wildman–Crippen MR) is 62.0 cm³/mol. The van der Waals surface area contributed by atoms with E-state index in [0.717, 1.165) is 13.0 Å². The molecule has 1 rings (SSSR count). The molecule has 0 radical (unpaired) electrons. The lowest BCUT2D eigenvalue weighted by Gasteiger charge is -2.30. The van der Waals surface area contributed by atoms with Crippen molar-refractivity contribution in [3.8, 4) is 0 Å². The van der Waals surface area contributed by atoms with E-state index in [1.807, 2.05) is 13.8 Å². The third kappa shape index (κ3) is 4.49.